The highest BCUT2D eigenvalue weighted by Crippen LogP contribution is 2.36. The van der Waals surface area contributed by atoms with Crippen molar-refractivity contribution in [2.75, 3.05) is 13.2 Å². The van der Waals surface area contributed by atoms with Crippen LogP contribution in [-0.2, 0) is 9.47 Å². The summed E-state index contributed by atoms with van der Waals surface area (Å²) >= 11 is 6.64. The van der Waals surface area contributed by atoms with E-state index >= 15 is 0 Å². The maximum absolute atomic E-state index is 9.96. The van der Waals surface area contributed by atoms with Crippen LogP contribution in [0.25, 0.3) is 44.8 Å². The van der Waals surface area contributed by atoms with E-state index in [4.69, 9.17) is 35.9 Å². The van der Waals surface area contributed by atoms with E-state index in [0.717, 1.165) is 27.9 Å². The van der Waals surface area contributed by atoms with Gasteiger partial charge in [0.25, 0.3) is 6.01 Å². The molecule has 3 fully saturated rings. The number of ether oxygens (including phenoxy) is 3. The van der Waals surface area contributed by atoms with Crippen LogP contribution in [0.4, 0.5) is 0 Å². The number of benzene rings is 2. The fourth-order valence-corrected chi connectivity index (χ4v) is 5.79. The van der Waals surface area contributed by atoms with Crippen LogP contribution in [0.15, 0.2) is 66.9 Å². The highest BCUT2D eigenvalue weighted by molar-refractivity contribution is 6.33. The number of aromatic amines is 1. The Morgan fingerprint density at radius 2 is 1.57 bits per heavy atom. The summed E-state index contributed by atoms with van der Waals surface area (Å²) in [5.74, 6) is 0. The molecule has 8 rings (SSSR count). The largest absolute Gasteiger partial charge is 0.456 e. The van der Waals surface area contributed by atoms with E-state index in [9.17, 15) is 5.11 Å². The normalized spacial score (nSPS) is 24.1. The minimum atomic E-state index is -0.634. The summed E-state index contributed by atoms with van der Waals surface area (Å²) in [6, 6.07) is 21.4. The number of H-pyrrole nitrogens is 1. The molecule has 5 aromatic rings. The van der Waals surface area contributed by atoms with Crippen LogP contribution in [-0.4, -0.2) is 67.5 Å². The Bertz CT molecular complexity index is 1700. The molecule has 1 unspecified atom stereocenters. The summed E-state index contributed by atoms with van der Waals surface area (Å²) in [7, 11) is 0. The zero-order chi connectivity index (χ0) is 26.8. The van der Waals surface area contributed by atoms with Gasteiger partial charge in [0.05, 0.1) is 41.2 Å². The average molecular weight is 556 g/mol. The van der Waals surface area contributed by atoms with Gasteiger partial charge >= 0.3 is 0 Å². The SMILES string of the molecule is O[C@@H]1CO[C@H]2C1OC[C@H]2Oc1nc2nc(-c3ccc(-c4ccc(-c5ccn(C6CC6)n5)cc4)cc3)c(Cl)cc2[nH]1. The van der Waals surface area contributed by atoms with Gasteiger partial charge in [0.1, 0.15) is 18.3 Å². The van der Waals surface area contributed by atoms with E-state index in [1.807, 2.05) is 12.1 Å². The summed E-state index contributed by atoms with van der Waals surface area (Å²) in [4.78, 5) is 12.4. The summed E-state index contributed by atoms with van der Waals surface area (Å²) in [5, 5.41) is 15.2. The Morgan fingerprint density at radius 1 is 0.875 bits per heavy atom. The Kier molecular flexibility index (Phi) is 5.67. The lowest BCUT2D eigenvalue weighted by Gasteiger charge is -2.15. The van der Waals surface area contributed by atoms with Crippen molar-refractivity contribution in [1.29, 1.82) is 0 Å². The lowest BCUT2D eigenvalue weighted by molar-refractivity contribution is 0.00706. The molecule has 0 amide bonds. The van der Waals surface area contributed by atoms with Crippen LogP contribution in [0.2, 0.25) is 5.02 Å². The monoisotopic (exact) mass is 555 g/mol. The van der Waals surface area contributed by atoms with E-state index < -0.39 is 6.10 Å². The number of aromatic nitrogens is 5. The lowest BCUT2D eigenvalue weighted by Crippen LogP contribution is -2.34. The second kappa shape index (κ2) is 9.42. The number of hydrogen-bond acceptors (Lipinski definition) is 7. The molecule has 0 spiro atoms. The minimum absolute atomic E-state index is 0.243. The summed E-state index contributed by atoms with van der Waals surface area (Å²) in [6.07, 6.45) is 2.83. The predicted molar refractivity (Wildman–Crippen MR) is 149 cm³/mol. The lowest BCUT2D eigenvalue weighted by atomic mass is 10.0. The van der Waals surface area contributed by atoms with Gasteiger partial charge < -0.3 is 24.3 Å². The highest BCUT2D eigenvalue weighted by atomic mass is 35.5. The second-order valence-corrected chi connectivity index (χ2v) is 11.0. The van der Waals surface area contributed by atoms with Gasteiger partial charge in [-0.15, -0.1) is 0 Å². The Morgan fingerprint density at radius 3 is 2.33 bits per heavy atom. The number of pyridine rings is 1. The summed E-state index contributed by atoms with van der Waals surface area (Å²) in [5.41, 5.74) is 7.05. The van der Waals surface area contributed by atoms with E-state index in [1.54, 1.807) is 6.07 Å². The Hall–Kier alpha value is -3.76. The number of fused-ring (bicyclic) bond motifs is 2. The number of hydrogen-bond donors (Lipinski definition) is 2. The predicted octanol–water partition coefficient (Wildman–Crippen LogP) is 5.05. The van der Waals surface area contributed by atoms with E-state index in [1.165, 1.54) is 12.8 Å². The van der Waals surface area contributed by atoms with Crippen molar-refractivity contribution in [3.05, 3.63) is 71.9 Å². The van der Waals surface area contributed by atoms with Crippen molar-refractivity contribution in [2.45, 2.75) is 43.3 Å². The molecule has 0 radical (unpaired) electrons. The van der Waals surface area contributed by atoms with E-state index in [-0.39, 0.29) is 24.9 Å². The molecule has 0 bridgehead atoms. The van der Waals surface area contributed by atoms with Gasteiger partial charge in [-0.05, 0) is 36.1 Å². The molecule has 3 aromatic heterocycles. The number of aliphatic hydroxyl groups excluding tert-OH is 1. The fraction of sp³-hybridized carbons (Fsp3) is 0.300. The summed E-state index contributed by atoms with van der Waals surface area (Å²) < 4.78 is 19.4. The average Bonchev–Trinajstić information content (AvgIpc) is 3.28. The topological polar surface area (TPSA) is 107 Å². The van der Waals surface area contributed by atoms with Crippen molar-refractivity contribution in [2.24, 2.45) is 0 Å². The smallest absolute Gasteiger partial charge is 0.296 e. The number of imidazole rings is 1. The van der Waals surface area contributed by atoms with Crippen molar-refractivity contribution >= 4 is 22.8 Å². The first kappa shape index (κ1) is 24.1. The van der Waals surface area contributed by atoms with Crippen LogP contribution >= 0.6 is 11.6 Å². The van der Waals surface area contributed by atoms with Gasteiger partial charge in [-0.2, -0.15) is 10.1 Å². The molecule has 1 aliphatic carbocycles. The number of halogens is 1. The van der Waals surface area contributed by atoms with Gasteiger partial charge in [-0.1, -0.05) is 60.1 Å². The maximum atomic E-state index is 9.96. The van der Waals surface area contributed by atoms with Gasteiger partial charge in [-0.3, -0.25) is 4.68 Å². The third kappa shape index (κ3) is 4.26. The Balaban J connectivity index is 1.00. The quantitative estimate of drug-likeness (QED) is 0.302. The van der Waals surface area contributed by atoms with E-state index in [0.29, 0.717) is 40.5 Å². The molecule has 2 saturated heterocycles. The third-order valence-electron chi connectivity index (χ3n) is 7.85. The summed E-state index contributed by atoms with van der Waals surface area (Å²) in [6.45, 7) is 0.565. The highest BCUT2D eigenvalue weighted by Gasteiger charge is 2.48. The number of aliphatic hydroxyl groups is 1. The second-order valence-electron chi connectivity index (χ2n) is 10.6. The van der Waals surface area contributed by atoms with Gasteiger partial charge in [0.15, 0.2) is 11.8 Å². The molecule has 4 atom stereocenters. The maximum Gasteiger partial charge on any atom is 0.296 e. The first-order valence-corrected chi connectivity index (χ1v) is 13.9. The molecule has 2 N–H and O–H groups in total. The minimum Gasteiger partial charge on any atom is -0.456 e. The van der Waals surface area contributed by atoms with Crippen molar-refractivity contribution < 1.29 is 19.3 Å². The van der Waals surface area contributed by atoms with E-state index in [2.05, 4.69) is 63.3 Å². The molecule has 1 saturated carbocycles. The molecule has 2 aliphatic heterocycles. The number of nitrogens with one attached hydrogen (secondary N) is 1. The molecule has 2 aromatic carbocycles. The Labute approximate surface area is 234 Å². The van der Waals surface area contributed by atoms with Gasteiger partial charge in [0.2, 0.25) is 0 Å². The fourth-order valence-electron chi connectivity index (χ4n) is 5.53. The van der Waals surface area contributed by atoms with Crippen molar-refractivity contribution in [1.82, 2.24) is 24.7 Å². The van der Waals surface area contributed by atoms with Crippen molar-refractivity contribution in [3.8, 4) is 39.7 Å². The third-order valence-corrected chi connectivity index (χ3v) is 8.14. The molecule has 202 valence electrons. The van der Waals surface area contributed by atoms with Crippen LogP contribution in [0, 0.1) is 0 Å². The molecule has 5 heterocycles. The molecular formula is C30H26ClN5O4. The molecule has 10 heteroatoms. The first-order chi connectivity index (χ1) is 19.6. The first-order valence-electron chi connectivity index (χ1n) is 13.5. The van der Waals surface area contributed by atoms with Crippen LogP contribution < -0.4 is 4.74 Å². The molecule has 40 heavy (non-hydrogen) atoms. The molecule has 3 aliphatic rings. The zero-order valence-corrected chi connectivity index (χ0v) is 22.2. The number of nitrogens with zero attached hydrogens (tertiary/aromatic N) is 4. The van der Waals surface area contributed by atoms with Crippen LogP contribution in [0.3, 0.4) is 0 Å². The van der Waals surface area contributed by atoms with Crippen molar-refractivity contribution in [3.63, 3.8) is 0 Å². The molecule has 9 nitrogen and oxygen atoms in total. The van der Waals surface area contributed by atoms with Gasteiger partial charge in [-0.25, -0.2) is 4.98 Å². The van der Waals surface area contributed by atoms with Crippen LogP contribution in [0.5, 0.6) is 6.01 Å². The number of rotatable bonds is 6. The zero-order valence-electron chi connectivity index (χ0n) is 21.4. The van der Waals surface area contributed by atoms with Gasteiger partial charge in [0, 0.05) is 17.3 Å². The molecular weight excluding hydrogens is 530 g/mol. The standard InChI is InChI=1S/C30H26ClN5O4/c31-21-13-23-29(34-30(32-23)40-25-15-39-27-24(37)14-38-28(25)27)33-26(21)19-7-3-17(4-8-19)16-1-5-18(6-2-16)22-11-12-36(35-22)20-9-10-20/h1-8,11-13,20,24-25,27-28,37H,9-10,14-15H2,(H,32,33,34)/t24-,25-,27?,28-/m1/s1. The van der Waals surface area contributed by atoms with Crippen LogP contribution in [0.1, 0.15) is 18.9 Å².